The predicted molar refractivity (Wildman–Crippen MR) is 93.3 cm³/mol. The lowest BCUT2D eigenvalue weighted by Gasteiger charge is -2.11. The van der Waals surface area contributed by atoms with Gasteiger partial charge in [-0.05, 0) is 33.9 Å². The Morgan fingerprint density at radius 3 is 2.55 bits per heavy atom. The molecule has 22 heavy (non-hydrogen) atoms. The zero-order valence-electron chi connectivity index (χ0n) is 13.2. The van der Waals surface area contributed by atoms with Crippen LogP contribution in [0.15, 0.2) is 18.5 Å². The molecule has 0 bridgehead atoms. The molecule has 0 saturated heterocycles. The Morgan fingerprint density at radius 2 is 1.95 bits per heavy atom. The highest BCUT2D eigenvalue weighted by Gasteiger charge is 2.12. The van der Waals surface area contributed by atoms with E-state index in [0.717, 1.165) is 11.0 Å². The number of hydrogen-bond acceptors (Lipinski definition) is 4. The van der Waals surface area contributed by atoms with Crippen molar-refractivity contribution in [3.05, 3.63) is 24.0 Å². The van der Waals surface area contributed by atoms with Crippen LogP contribution in [0.1, 0.15) is 37.2 Å². The molecule has 0 saturated carbocycles. The Labute approximate surface area is 142 Å². The van der Waals surface area contributed by atoms with Gasteiger partial charge in [0.25, 0.3) is 5.91 Å². The molecule has 0 fully saturated rings. The van der Waals surface area contributed by atoms with Crippen LogP contribution in [0.4, 0.5) is 0 Å². The Kier molecular flexibility index (Phi) is 8.37. The molecule has 0 radical (unpaired) electrons. The lowest BCUT2D eigenvalue weighted by atomic mass is 10.2. The van der Waals surface area contributed by atoms with Crippen molar-refractivity contribution in [1.29, 1.82) is 0 Å². The summed E-state index contributed by atoms with van der Waals surface area (Å²) in [4.78, 5) is 16.4. The second kappa shape index (κ2) is 8.92. The molecule has 1 atom stereocenters. The van der Waals surface area contributed by atoms with E-state index in [1.54, 1.807) is 12.4 Å². The highest BCUT2D eigenvalue weighted by atomic mass is 35.5. The van der Waals surface area contributed by atoms with Crippen LogP contribution in [-0.2, 0) is 0 Å². The lowest BCUT2D eigenvalue weighted by Crippen LogP contribution is -2.37. The fraction of sp³-hybridized carbons (Fsp3) is 0.500. The maximum Gasteiger partial charge on any atom is 0.252 e. The molecule has 0 aliphatic rings. The summed E-state index contributed by atoms with van der Waals surface area (Å²) < 4.78 is 1.85. The first-order valence-electron chi connectivity index (χ1n) is 6.81. The van der Waals surface area contributed by atoms with Crippen LogP contribution >= 0.6 is 24.8 Å². The van der Waals surface area contributed by atoms with Gasteiger partial charge in [0.15, 0.2) is 5.65 Å². The normalized spacial score (nSPS) is 11.7. The van der Waals surface area contributed by atoms with Crippen molar-refractivity contribution in [2.75, 3.05) is 13.6 Å². The number of rotatable bonds is 5. The first-order valence-corrected chi connectivity index (χ1v) is 6.81. The molecular formula is C14H23Cl2N5O. The number of carbonyl (C=O) groups is 1. The van der Waals surface area contributed by atoms with Gasteiger partial charge >= 0.3 is 0 Å². The van der Waals surface area contributed by atoms with Crippen LogP contribution in [0, 0.1) is 0 Å². The number of nitrogens with one attached hydrogen (secondary N) is 2. The van der Waals surface area contributed by atoms with Crippen LogP contribution in [0.2, 0.25) is 0 Å². The summed E-state index contributed by atoms with van der Waals surface area (Å²) in [6.07, 6.45) is 3.34. The minimum Gasteiger partial charge on any atom is -0.350 e. The van der Waals surface area contributed by atoms with E-state index in [2.05, 4.69) is 20.7 Å². The van der Waals surface area contributed by atoms with Gasteiger partial charge in [0.2, 0.25) is 0 Å². The fourth-order valence-corrected chi connectivity index (χ4v) is 1.89. The van der Waals surface area contributed by atoms with Gasteiger partial charge in [0.1, 0.15) is 0 Å². The molecule has 2 heterocycles. The van der Waals surface area contributed by atoms with E-state index < -0.39 is 0 Å². The van der Waals surface area contributed by atoms with E-state index in [1.807, 2.05) is 38.6 Å². The van der Waals surface area contributed by atoms with E-state index in [0.29, 0.717) is 12.1 Å². The highest BCUT2D eigenvalue weighted by Crippen LogP contribution is 2.16. The molecule has 2 N–H and O–H groups in total. The molecule has 6 nitrogen and oxygen atoms in total. The highest BCUT2D eigenvalue weighted by molar-refractivity contribution is 5.96. The van der Waals surface area contributed by atoms with Crippen molar-refractivity contribution in [2.45, 2.75) is 32.9 Å². The lowest BCUT2D eigenvalue weighted by molar-refractivity contribution is 0.0950. The maximum absolute atomic E-state index is 12.0. The van der Waals surface area contributed by atoms with Gasteiger partial charge in [-0.1, -0.05) is 0 Å². The van der Waals surface area contributed by atoms with Gasteiger partial charge < -0.3 is 10.6 Å². The molecule has 0 aromatic carbocycles. The number of halogens is 2. The minimum absolute atomic E-state index is 0. The summed E-state index contributed by atoms with van der Waals surface area (Å²) in [5.41, 5.74) is 1.37. The Bertz CT molecular complexity index is 614. The second-order valence-electron chi connectivity index (χ2n) is 5.22. The van der Waals surface area contributed by atoms with Gasteiger partial charge in [0, 0.05) is 30.2 Å². The van der Waals surface area contributed by atoms with Crippen molar-refractivity contribution in [3.8, 4) is 0 Å². The number of fused-ring (bicyclic) bond motifs is 1. The monoisotopic (exact) mass is 347 g/mol. The molecule has 1 unspecified atom stereocenters. The Balaban J connectivity index is 0.00000220. The van der Waals surface area contributed by atoms with Gasteiger partial charge in [-0.2, -0.15) is 5.10 Å². The van der Waals surface area contributed by atoms with Crippen molar-refractivity contribution in [1.82, 2.24) is 25.4 Å². The standard InChI is InChI=1S/C14H21N5O.2ClH/c1-9(2)19-13-11(8-18-19)5-12(7-16-13)14(20)17-6-10(3)15-4;;/h5,7-10,15H,6H2,1-4H3,(H,17,20);2*1H. The third kappa shape index (κ3) is 4.56. The van der Waals surface area contributed by atoms with E-state index in [4.69, 9.17) is 0 Å². The summed E-state index contributed by atoms with van der Waals surface area (Å²) in [6, 6.07) is 2.31. The third-order valence-corrected chi connectivity index (χ3v) is 3.25. The van der Waals surface area contributed by atoms with E-state index in [1.165, 1.54) is 0 Å². The number of nitrogens with zero attached hydrogens (tertiary/aromatic N) is 3. The smallest absolute Gasteiger partial charge is 0.252 e. The van der Waals surface area contributed by atoms with Crippen LogP contribution < -0.4 is 10.6 Å². The molecule has 124 valence electrons. The zero-order chi connectivity index (χ0) is 14.7. The van der Waals surface area contributed by atoms with Crippen molar-refractivity contribution in [3.63, 3.8) is 0 Å². The average Bonchev–Trinajstić information content (AvgIpc) is 2.87. The van der Waals surface area contributed by atoms with Crippen molar-refractivity contribution >= 4 is 41.8 Å². The molecule has 0 spiro atoms. The van der Waals surface area contributed by atoms with E-state index in [9.17, 15) is 4.79 Å². The quantitative estimate of drug-likeness (QED) is 0.869. The molecule has 0 aliphatic carbocycles. The number of hydrogen-bond donors (Lipinski definition) is 2. The SMILES string of the molecule is CNC(C)CNC(=O)c1cnc2c(cnn2C(C)C)c1.Cl.Cl. The van der Waals surface area contributed by atoms with Crippen LogP contribution in [0.5, 0.6) is 0 Å². The van der Waals surface area contributed by atoms with Crippen LogP contribution in [0.25, 0.3) is 11.0 Å². The van der Waals surface area contributed by atoms with Crippen LogP contribution in [-0.4, -0.2) is 40.3 Å². The number of amides is 1. The van der Waals surface area contributed by atoms with Gasteiger partial charge in [-0.3, -0.25) is 4.79 Å². The van der Waals surface area contributed by atoms with E-state index in [-0.39, 0.29) is 42.8 Å². The van der Waals surface area contributed by atoms with E-state index >= 15 is 0 Å². The molecular weight excluding hydrogens is 325 g/mol. The summed E-state index contributed by atoms with van der Waals surface area (Å²) in [5, 5.41) is 11.1. The average molecular weight is 348 g/mol. The second-order valence-corrected chi connectivity index (χ2v) is 5.22. The molecule has 2 aromatic rings. The third-order valence-electron chi connectivity index (χ3n) is 3.25. The minimum atomic E-state index is -0.112. The summed E-state index contributed by atoms with van der Waals surface area (Å²) in [6.45, 7) is 6.69. The summed E-state index contributed by atoms with van der Waals surface area (Å²) >= 11 is 0. The van der Waals surface area contributed by atoms with Crippen molar-refractivity contribution in [2.24, 2.45) is 0 Å². The van der Waals surface area contributed by atoms with Gasteiger partial charge in [0.05, 0.1) is 11.8 Å². The van der Waals surface area contributed by atoms with Gasteiger partial charge in [-0.25, -0.2) is 9.67 Å². The number of pyridine rings is 1. The topological polar surface area (TPSA) is 71.8 Å². The first-order chi connectivity index (χ1) is 9.52. The first kappa shape index (κ1) is 20.6. The van der Waals surface area contributed by atoms with Crippen molar-refractivity contribution < 1.29 is 4.79 Å². The number of likely N-dealkylation sites (N-methyl/N-ethyl adjacent to an activating group) is 1. The Morgan fingerprint density at radius 1 is 1.27 bits per heavy atom. The molecule has 1 amide bonds. The summed E-state index contributed by atoms with van der Waals surface area (Å²) in [7, 11) is 1.87. The molecule has 2 rings (SSSR count). The molecule has 2 aromatic heterocycles. The predicted octanol–water partition coefficient (Wildman–Crippen LogP) is 2.19. The largest absolute Gasteiger partial charge is 0.350 e. The van der Waals surface area contributed by atoms with Crippen LogP contribution in [0.3, 0.4) is 0 Å². The molecule has 0 aliphatic heterocycles. The Hall–Kier alpha value is -1.37. The maximum atomic E-state index is 12.0. The summed E-state index contributed by atoms with van der Waals surface area (Å²) in [5.74, 6) is -0.112. The molecule has 8 heteroatoms. The number of aromatic nitrogens is 3. The van der Waals surface area contributed by atoms with Gasteiger partial charge in [-0.15, -0.1) is 24.8 Å². The fourth-order valence-electron chi connectivity index (χ4n) is 1.89. The zero-order valence-corrected chi connectivity index (χ0v) is 14.8. The number of carbonyl (C=O) groups excluding carboxylic acids is 1.